The lowest BCUT2D eigenvalue weighted by molar-refractivity contribution is -0.150. The first-order chi connectivity index (χ1) is 14.0. The molecule has 4 N–H and O–H groups in total. The van der Waals surface area contributed by atoms with E-state index in [1.807, 2.05) is 12.2 Å². The van der Waals surface area contributed by atoms with Crippen LogP contribution in [0.4, 0.5) is 0 Å². The smallest absolute Gasteiger partial charge is 0.316 e. The van der Waals surface area contributed by atoms with E-state index in [4.69, 9.17) is 10.8 Å². The van der Waals surface area contributed by atoms with Crippen molar-refractivity contribution < 1.29 is 19.8 Å². The molecular weight excluding hydrogens is 366 g/mol. The van der Waals surface area contributed by atoms with Gasteiger partial charge >= 0.3 is 5.97 Å². The first-order valence-electron chi connectivity index (χ1n) is 10.8. The molecule has 0 radical (unpaired) electrons. The Bertz CT molecular complexity index is 549. The minimum Gasteiger partial charge on any atom is -0.481 e. The van der Waals surface area contributed by atoms with Crippen LogP contribution in [0.15, 0.2) is 48.6 Å². The summed E-state index contributed by atoms with van der Waals surface area (Å²) < 4.78 is 0. The Kier molecular flexibility index (Phi) is 18.0. The van der Waals surface area contributed by atoms with Crippen LogP contribution >= 0.6 is 0 Å². The highest BCUT2D eigenvalue weighted by atomic mass is 16.4. The van der Waals surface area contributed by atoms with Gasteiger partial charge in [0, 0.05) is 13.0 Å². The Morgan fingerprint density at radius 1 is 0.828 bits per heavy atom. The number of ketones is 1. The standard InChI is InChI=1S/C24H39NO4/c1-2-3-4-5-6-7-8-9-10-11-12-13-14-15-16-17-18-19-21(26)23(24(28)29)22(27)20-25/h6-7,9-10,12-13,15-16,22-23,27H,2-5,8,11,14,17-20,25H2,1H3,(H,28,29)/b7-6-,10-9-,13-12-,16-15-. The second-order valence-corrected chi connectivity index (χ2v) is 7.07. The SMILES string of the molecule is CCCCC/C=C\C/C=C\C/C=C\C/C=C\CCCC(=O)C(C(=O)O)C(O)CN. The molecule has 5 nitrogen and oxygen atoms in total. The van der Waals surface area contributed by atoms with Gasteiger partial charge in [-0.2, -0.15) is 0 Å². The van der Waals surface area contributed by atoms with Crippen molar-refractivity contribution in [3.63, 3.8) is 0 Å². The average molecular weight is 406 g/mol. The lowest BCUT2D eigenvalue weighted by Gasteiger charge is -2.15. The number of rotatable bonds is 18. The third-order valence-electron chi connectivity index (χ3n) is 4.49. The molecule has 0 aromatic heterocycles. The van der Waals surface area contributed by atoms with Crippen molar-refractivity contribution in [1.29, 1.82) is 0 Å². The predicted octanol–water partition coefficient (Wildman–Crippen LogP) is 4.72. The second-order valence-electron chi connectivity index (χ2n) is 7.07. The quantitative estimate of drug-likeness (QED) is 0.174. The van der Waals surface area contributed by atoms with Crippen molar-refractivity contribution in [2.45, 2.75) is 77.2 Å². The van der Waals surface area contributed by atoms with Crippen LogP contribution in [0, 0.1) is 5.92 Å². The molecule has 2 unspecified atom stereocenters. The number of unbranched alkanes of at least 4 members (excludes halogenated alkanes) is 4. The number of carbonyl (C=O) groups excluding carboxylic acids is 1. The first-order valence-corrected chi connectivity index (χ1v) is 10.8. The predicted molar refractivity (Wildman–Crippen MR) is 120 cm³/mol. The maximum atomic E-state index is 11.9. The number of aliphatic hydroxyl groups excluding tert-OH is 1. The lowest BCUT2D eigenvalue weighted by Crippen LogP contribution is -2.39. The van der Waals surface area contributed by atoms with Crippen LogP contribution in [0.25, 0.3) is 0 Å². The lowest BCUT2D eigenvalue weighted by atomic mass is 9.94. The summed E-state index contributed by atoms with van der Waals surface area (Å²) in [5.74, 6) is -3.20. The summed E-state index contributed by atoms with van der Waals surface area (Å²) in [5.41, 5.74) is 5.25. The molecule has 0 aliphatic heterocycles. The van der Waals surface area contributed by atoms with Crippen LogP contribution in [-0.2, 0) is 9.59 Å². The fourth-order valence-electron chi connectivity index (χ4n) is 2.76. The van der Waals surface area contributed by atoms with Crippen LogP contribution in [0.1, 0.15) is 71.1 Å². The number of aliphatic hydroxyl groups is 1. The monoisotopic (exact) mass is 405 g/mol. The molecule has 0 aliphatic carbocycles. The van der Waals surface area contributed by atoms with Gasteiger partial charge in [0.15, 0.2) is 0 Å². The van der Waals surface area contributed by atoms with Crippen molar-refractivity contribution in [3.8, 4) is 0 Å². The Balaban J connectivity index is 3.79. The highest BCUT2D eigenvalue weighted by Crippen LogP contribution is 2.11. The number of carboxylic acids is 1. The molecular formula is C24H39NO4. The molecule has 0 spiro atoms. The largest absolute Gasteiger partial charge is 0.481 e. The van der Waals surface area contributed by atoms with Crippen molar-refractivity contribution in [2.75, 3.05) is 6.54 Å². The van der Waals surface area contributed by atoms with Gasteiger partial charge in [-0.1, -0.05) is 68.4 Å². The van der Waals surface area contributed by atoms with E-state index in [0.717, 1.165) is 19.3 Å². The molecule has 0 fully saturated rings. The number of carboxylic acid groups (broad SMARTS) is 1. The van der Waals surface area contributed by atoms with E-state index in [1.165, 1.54) is 25.7 Å². The molecule has 0 amide bonds. The topological polar surface area (TPSA) is 101 Å². The summed E-state index contributed by atoms with van der Waals surface area (Å²) in [5, 5.41) is 18.6. The number of allylic oxidation sites excluding steroid dienone is 8. The molecule has 0 saturated heterocycles. The molecule has 0 saturated carbocycles. The molecule has 5 heteroatoms. The molecule has 0 aromatic carbocycles. The second kappa shape index (κ2) is 19.3. The number of nitrogens with two attached hydrogens (primary N) is 1. The van der Waals surface area contributed by atoms with Crippen molar-refractivity contribution in [3.05, 3.63) is 48.6 Å². The maximum absolute atomic E-state index is 11.9. The van der Waals surface area contributed by atoms with Gasteiger partial charge in [0.25, 0.3) is 0 Å². The summed E-state index contributed by atoms with van der Waals surface area (Å²) in [6.45, 7) is 1.98. The summed E-state index contributed by atoms with van der Waals surface area (Å²) in [6, 6.07) is 0. The highest BCUT2D eigenvalue weighted by Gasteiger charge is 2.31. The Morgan fingerprint density at radius 2 is 1.31 bits per heavy atom. The summed E-state index contributed by atoms with van der Waals surface area (Å²) in [7, 11) is 0. The normalized spacial score (nSPS) is 14.4. The zero-order valence-electron chi connectivity index (χ0n) is 17.8. The van der Waals surface area contributed by atoms with Gasteiger partial charge in [0.2, 0.25) is 0 Å². The molecule has 164 valence electrons. The van der Waals surface area contributed by atoms with E-state index in [1.54, 1.807) is 0 Å². The van der Waals surface area contributed by atoms with Gasteiger partial charge in [-0.15, -0.1) is 0 Å². The number of carbonyl (C=O) groups is 2. The minimum absolute atomic E-state index is 0.131. The third kappa shape index (κ3) is 15.6. The van der Waals surface area contributed by atoms with E-state index in [9.17, 15) is 14.7 Å². The van der Waals surface area contributed by atoms with E-state index in [-0.39, 0.29) is 13.0 Å². The van der Waals surface area contributed by atoms with Crippen molar-refractivity contribution >= 4 is 11.8 Å². The van der Waals surface area contributed by atoms with Crippen molar-refractivity contribution in [1.82, 2.24) is 0 Å². The zero-order valence-corrected chi connectivity index (χ0v) is 17.8. The first kappa shape index (κ1) is 27.0. The van der Waals surface area contributed by atoms with Crippen LogP contribution in [0.2, 0.25) is 0 Å². The molecule has 0 heterocycles. The molecule has 29 heavy (non-hydrogen) atoms. The van der Waals surface area contributed by atoms with Gasteiger partial charge in [-0.25, -0.2) is 0 Å². The fourth-order valence-corrected chi connectivity index (χ4v) is 2.76. The molecule has 2 atom stereocenters. The van der Waals surface area contributed by atoms with Crippen LogP contribution in [0.3, 0.4) is 0 Å². The van der Waals surface area contributed by atoms with Crippen LogP contribution in [0.5, 0.6) is 0 Å². The Morgan fingerprint density at radius 3 is 1.76 bits per heavy atom. The highest BCUT2D eigenvalue weighted by molar-refractivity contribution is 5.98. The number of hydrogen-bond donors (Lipinski definition) is 3. The van der Waals surface area contributed by atoms with Gasteiger partial charge in [0.05, 0.1) is 6.10 Å². The number of aliphatic carboxylic acids is 1. The van der Waals surface area contributed by atoms with Gasteiger partial charge in [0.1, 0.15) is 11.7 Å². The number of Topliss-reactive ketones (excluding diaryl/α,β-unsaturated/α-hetero) is 1. The van der Waals surface area contributed by atoms with E-state index in [2.05, 4.69) is 43.4 Å². The molecule has 0 aliphatic rings. The Hall–Kier alpha value is -1.98. The zero-order chi connectivity index (χ0) is 21.7. The third-order valence-corrected chi connectivity index (χ3v) is 4.49. The van der Waals surface area contributed by atoms with Crippen molar-refractivity contribution in [2.24, 2.45) is 11.7 Å². The minimum atomic E-state index is -1.42. The molecule has 0 bridgehead atoms. The average Bonchev–Trinajstić information content (AvgIpc) is 2.70. The van der Waals surface area contributed by atoms with E-state index in [0.29, 0.717) is 12.8 Å². The van der Waals surface area contributed by atoms with Gasteiger partial charge in [-0.05, 0) is 44.9 Å². The fraction of sp³-hybridized carbons (Fsp3) is 0.583. The number of hydrogen-bond acceptors (Lipinski definition) is 4. The van der Waals surface area contributed by atoms with Crippen LogP contribution < -0.4 is 5.73 Å². The molecule has 0 rings (SSSR count). The summed E-state index contributed by atoms with van der Waals surface area (Å²) in [6.07, 6.45) is 24.9. The van der Waals surface area contributed by atoms with E-state index < -0.39 is 23.8 Å². The summed E-state index contributed by atoms with van der Waals surface area (Å²) in [4.78, 5) is 23.0. The maximum Gasteiger partial charge on any atom is 0.316 e. The summed E-state index contributed by atoms with van der Waals surface area (Å²) >= 11 is 0. The molecule has 0 aromatic rings. The Labute approximate surface area is 176 Å². The van der Waals surface area contributed by atoms with Crippen LogP contribution in [-0.4, -0.2) is 34.6 Å². The van der Waals surface area contributed by atoms with Gasteiger partial charge in [-0.3, -0.25) is 9.59 Å². The van der Waals surface area contributed by atoms with E-state index >= 15 is 0 Å². The van der Waals surface area contributed by atoms with Gasteiger partial charge < -0.3 is 15.9 Å².